The molecule has 0 atom stereocenters. The van der Waals surface area contributed by atoms with E-state index >= 15 is 0 Å². The Morgan fingerprint density at radius 1 is 0.812 bits per heavy atom. The number of methoxy groups -OCH3 is 5. The first-order valence-corrected chi connectivity index (χ1v) is 15.7. The number of thioether (sulfide) groups is 1. The molecule has 0 saturated carbocycles. The second-order valence-electron chi connectivity index (χ2n) is 11.0. The van der Waals surface area contributed by atoms with Crippen LogP contribution in [0.5, 0.6) is 34.5 Å². The summed E-state index contributed by atoms with van der Waals surface area (Å²) in [5.74, 6) is -1.96. The molecule has 13 nitrogen and oxygen atoms in total. The number of allylic oxidation sites excluding steroid dienone is 2. The lowest BCUT2D eigenvalue weighted by Gasteiger charge is -2.24. The number of nitrogens with one attached hydrogen (secondary N) is 1. The molecule has 1 aliphatic carbocycles. The second kappa shape index (κ2) is 12.1. The SMILES string of the molecule is COC1=C(C(C)=O)c2c(OC)c(O)c3c(=O)cc(OC)c4c5c(OC)c(SCC(=O)NCCN)c(=O)c6c(O)c(OC)c(c(c2c34)c65)C1. The molecule has 0 bridgehead atoms. The van der Waals surface area contributed by atoms with Crippen LogP contribution in [-0.4, -0.2) is 76.3 Å². The topological polar surface area (TPSA) is 193 Å². The largest absolute Gasteiger partial charge is 0.504 e. The second-order valence-corrected chi connectivity index (χ2v) is 12.0. The summed E-state index contributed by atoms with van der Waals surface area (Å²) >= 11 is 0.897. The maximum Gasteiger partial charge on any atom is 0.230 e. The first-order chi connectivity index (χ1) is 23.0. The molecule has 0 radical (unpaired) electrons. The van der Waals surface area contributed by atoms with Crippen molar-refractivity contribution >= 4 is 72.1 Å². The fourth-order valence-corrected chi connectivity index (χ4v) is 7.86. The van der Waals surface area contributed by atoms with E-state index in [-0.39, 0.29) is 114 Å². The van der Waals surface area contributed by atoms with Gasteiger partial charge in [0.05, 0.1) is 62.5 Å². The number of hydrogen-bond acceptors (Lipinski definition) is 13. The summed E-state index contributed by atoms with van der Waals surface area (Å²) in [5, 5.41) is 27.5. The predicted molar refractivity (Wildman–Crippen MR) is 182 cm³/mol. The maximum atomic E-state index is 14.5. The molecule has 1 aliphatic rings. The number of amides is 1. The summed E-state index contributed by atoms with van der Waals surface area (Å²) in [4.78, 5) is 54.4. The number of Topliss-reactive ketones (excluding diaryl/α,β-unsaturated/α-hetero) is 1. The average molecular weight is 677 g/mol. The summed E-state index contributed by atoms with van der Waals surface area (Å²) < 4.78 is 28.9. The Bertz CT molecular complexity index is 2350. The average Bonchev–Trinajstić information content (AvgIpc) is 3.21. The van der Waals surface area contributed by atoms with Gasteiger partial charge in [0.25, 0.3) is 0 Å². The number of nitrogens with two attached hydrogens (primary N) is 1. The highest BCUT2D eigenvalue weighted by Crippen LogP contribution is 2.58. The van der Waals surface area contributed by atoms with Crippen molar-refractivity contribution in [3.63, 3.8) is 0 Å². The Hall–Kier alpha value is -5.21. The van der Waals surface area contributed by atoms with Crippen molar-refractivity contribution in [2.45, 2.75) is 18.2 Å². The third kappa shape index (κ3) is 4.35. The smallest absolute Gasteiger partial charge is 0.230 e. The number of ketones is 1. The van der Waals surface area contributed by atoms with Crippen molar-refractivity contribution in [2.75, 3.05) is 54.4 Å². The molecular weight excluding hydrogens is 644 g/mol. The maximum absolute atomic E-state index is 14.5. The molecule has 0 saturated heterocycles. The van der Waals surface area contributed by atoms with Gasteiger partial charge in [0.15, 0.2) is 34.2 Å². The lowest BCUT2D eigenvalue weighted by molar-refractivity contribution is -0.118. The number of aromatic hydroxyl groups is 2. The minimum Gasteiger partial charge on any atom is -0.504 e. The Kier molecular flexibility index (Phi) is 8.25. The molecular formula is C34H32N2O11S. The molecule has 0 aromatic heterocycles. The number of benzene rings is 5. The fourth-order valence-electron chi connectivity index (χ4n) is 6.93. The molecule has 5 N–H and O–H groups in total. The van der Waals surface area contributed by atoms with Crippen LogP contribution in [0.1, 0.15) is 18.1 Å². The lowest BCUT2D eigenvalue weighted by atomic mass is 9.82. The van der Waals surface area contributed by atoms with Gasteiger partial charge in [0.2, 0.25) is 11.3 Å². The number of ether oxygens (including phenoxy) is 5. The molecule has 14 heteroatoms. The van der Waals surface area contributed by atoms with Gasteiger partial charge in [-0.15, -0.1) is 11.8 Å². The highest BCUT2D eigenvalue weighted by molar-refractivity contribution is 8.00. The summed E-state index contributed by atoms with van der Waals surface area (Å²) in [7, 11) is 6.72. The number of carbonyl (C=O) groups excluding carboxylic acids is 2. The van der Waals surface area contributed by atoms with Gasteiger partial charge in [0.1, 0.15) is 17.3 Å². The van der Waals surface area contributed by atoms with Crippen LogP contribution in [0.3, 0.4) is 0 Å². The quantitative estimate of drug-likeness (QED) is 0.0907. The van der Waals surface area contributed by atoms with Gasteiger partial charge in [-0.1, -0.05) is 0 Å². The molecule has 0 aliphatic heterocycles. The summed E-state index contributed by atoms with van der Waals surface area (Å²) in [5.41, 5.74) is 4.79. The van der Waals surface area contributed by atoms with Crippen molar-refractivity contribution in [3.8, 4) is 34.5 Å². The number of carbonyl (C=O) groups is 2. The molecule has 250 valence electrons. The van der Waals surface area contributed by atoms with Crippen LogP contribution < -0.4 is 40.9 Å². The van der Waals surface area contributed by atoms with Crippen LogP contribution >= 0.6 is 11.8 Å². The van der Waals surface area contributed by atoms with Crippen LogP contribution in [-0.2, 0) is 20.7 Å². The minimum atomic E-state index is -0.650. The van der Waals surface area contributed by atoms with E-state index in [0.29, 0.717) is 10.9 Å². The molecule has 0 spiro atoms. The number of rotatable bonds is 11. The zero-order chi connectivity index (χ0) is 34.8. The van der Waals surface area contributed by atoms with E-state index < -0.39 is 28.1 Å². The fraction of sp³-hybridized carbons (Fsp3) is 0.294. The van der Waals surface area contributed by atoms with E-state index in [1.165, 1.54) is 48.5 Å². The van der Waals surface area contributed by atoms with Gasteiger partial charge < -0.3 is 44.9 Å². The Labute approximate surface area is 276 Å². The molecule has 1 amide bonds. The number of phenols is 2. The lowest BCUT2D eigenvalue weighted by Crippen LogP contribution is -2.30. The third-order valence-corrected chi connectivity index (χ3v) is 9.76. The Morgan fingerprint density at radius 3 is 2.04 bits per heavy atom. The van der Waals surface area contributed by atoms with Gasteiger partial charge in [-0.05, 0) is 12.3 Å². The molecule has 0 fully saturated rings. The molecule has 5 aromatic carbocycles. The molecule has 0 unspecified atom stereocenters. The van der Waals surface area contributed by atoms with Gasteiger partial charge >= 0.3 is 0 Å². The van der Waals surface area contributed by atoms with Gasteiger partial charge in [-0.25, -0.2) is 0 Å². The van der Waals surface area contributed by atoms with Gasteiger partial charge in [0, 0.05) is 63.6 Å². The van der Waals surface area contributed by atoms with E-state index in [1.807, 2.05) is 0 Å². The first kappa shape index (κ1) is 32.7. The van der Waals surface area contributed by atoms with E-state index in [0.717, 1.165) is 11.8 Å². The molecule has 5 aromatic rings. The van der Waals surface area contributed by atoms with Gasteiger partial charge in [-0.3, -0.25) is 19.2 Å². The highest BCUT2D eigenvalue weighted by Gasteiger charge is 2.38. The van der Waals surface area contributed by atoms with Crippen molar-refractivity contribution in [2.24, 2.45) is 5.73 Å². The number of hydrogen-bond donors (Lipinski definition) is 4. The van der Waals surface area contributed by atoms with Crippen LogP contribution in [0, 0.1) is 0 Å². The van der Waals surface area contributed by atoms with Crippen LogP contribution in [0.2, 0.25) is 0 Å². The van der Waals surface area contributed by atoms with E-state index in [4.69, 9.17) is 29.4 Å². The van der Waals surface area contributed by atoms with Crippen LogP contribution in [0.25, 0.3) is 48.7 Å². The molecule has 48 heavy (non-hydrogen) atoms. The van der Waals surface area contributed by atoms with Crippen molar-refractivity contribution in [1.29, 1.82) is 0 Å². The highest BCUT2D eigenvalue weighted by atomic mass is 32.2. The third-order valence-electron chi connectivity index (χ3n) is 8.69. The Balaban J connectivity index is 2.02. The van der Waals surface area contributed by atoms with Gasteiger partial charge in [-0.2, -0.15) is 0 Å². The number of fused-ring (bicyclic) bond motifs is 1. The van der Waals surface area contributed by atoms with Crippen LogP contribution in [0.4, 0.5) is 0 Å². The van der Waals surface area contributed by atoms with E-state index in [9.17, 15) is 29.4 Å². The van der Waals surface area contributed by atoms with E-state index in [2.05, 4.69) is 5.32 Å². The number of phenolic OH excluding ortho intramolecular Hbond substituents is 2. The van der Waals surface area contributed by atoms with Crippen LogP contribution in [0.15, 0.2) is 26.3 Å². The standard InChI is InChI=1S/C34H32N2O11S/c1-12(37)18-15(43-2)9-13-19-22-24-20(28(40)32(46-5)25(18)22)14(38)10-16(44-3)21(24)26-23(19)27(29(41)31(13)45-4)30(42)34(33(26)47-6)48-11-17(39)36-8-7-35/h10,40-41H,7-9,11,35H2,1-6H3,(H,36,39). The van der Waals surface area contributed by atoms with Crippen molar-refractivity contribution in [1.82, 2.24) is 5.32 Å². The zero-order valence-electron chi connectivity index (χ0n) is 27.0. The first-order valence-electron chi connectivity index (χ1n) is 14.7. The Morgan fingerprint density at radius 2 is 1.46 bits per heavy atom. The minimum absolute atomic E-state index is 0.00300. The molecule has 0 heterocycles. The normalized spacial score (nSPS) is 12.7. The van der Waals surface area contributed by atoms with Crippen molar-refractivity contribution < 1.29 is 43.5 Å². The predicted octanol–water partition coefficient (Wildman–Crippen LogP) is 3.01. The summed E-state index contributed by atoms with van der Waals surface area (Å²) in [6.07, 6.45) is -0.0925. The van der Waals surface area contributed by atoms with Crippen molar-refractivity contribution in [3.05, 3.63) is 43.4 Å². The van der Waals surface area contributed by atoms with E-state index in [1.54, 1.807) is 0 Å². The summed E-state index contributed by atoms with van der Waals surface area (Å²) in [6, 6.07) is 1.20. The zero-order valence-corrected chi connectivity index (χ0v) is 27.8. The molecule has 6 rings (SSSR count). The monoisotopic (exact) mass is 676 g/mol. The summed E-state index contributed by atoms with van der Waals surface area (Å²) in [6.45, 7) is 1.79.